The van der Waals surface area contributed by atoms with E-state index in [1.54, 1.807) is 59.5 Å². The van der Waals surface area contributed by atoms with Crippen LogP contribution in [0.2, 0.25) is 10.0 Å². The molecule has 0 bridgehead atoms. The van der Waals surface area contributed by atoms with Gasteiger partial charge >= 0.3 is 0 Å². The topological polar surface area (TPSA) is 132 Å². The fourth-order valence-electron chi connectivity index (χ4n) is 5.97. The lowest BCUT2D eigenvalue weighted by molar-refractivity contribution is -0.606. The zero-order valence-corrected chi connectivity index (χ0v) is 25.0. The van der Waals surface area contributed by atoms with E-state index in [-0.39, 0.29) is 17.5 Å². The lowest BCUT2D eigenvalue weighted by atomic mass is 9.76. The van der Waals surface area contributed by atoms with Gasteiger partial charge in [-0.3, -0.25) is 14.4 Å². The van der Waals surface area contributed by atoms with Crippen LogP contribution in [0.4, 0.5) is 0 Å². The monoisotopic (exact) mass is 632 g/mol. The summed E-state index contributed by atoms with van der Waals surface area (Å²) in [6.07, 6.45) is 6.37. The summed E-state index contributed by atoms with van der Waals surface area (Å²) in [5, 5.41) is 12.3. The molecule has 10 nitrogen and oxygen atoms in total. The summed E-state index contributed by atoms with van der Waals surface area (Å²) in [5.74, 6) is -1.84. The van der Waals surface area contributed by atoms with E-state index in [1.807, 2.05) is 0 Å². The van der Waals surface area contributed by atoms with E-state index >= 15 is 0 Å². The van der Waals surface area contributed by atoms with Gasteiger partial charge in [-0.05, 0) is 48.2 Å². The van der Waals surface area contributed by atoms with Gasteiger partial charge in [-0.2, -0.15) is 4.73 Å². The van der Waals surface area contributed by atoms with E-state index in [1.165, 1.54) is 12.4 Å². The Morgan fingerprint density at radius 2 is 1.86 bits per heavy atom. The van der Waals surface area contributed by atoms with Gasteiger partial charge in [0.1, 0.15) is 6.61 Å². The number of amides is 2. The zero-order chi connectivity index (χ0) is 30.0. The Hall–Kier alpha value is -3.22. The molecule has 1 saturated carbocycles. The van der Waals surface area contributed by atoms with Gasteiger partial charge in [0.05, 0.1) is 18.2 Å². The molecule has 0 radical (unpaired) electrons. The summed E-state index contributed by atoms with van der Waals surface area (Å²) in [4.78, 5) is 35.4. The van der Waals surface area contributed by atoms with Crippen molar-refractivity contribution in [2.75, 3.05) is 6.26 Å². The van der Waals surface area contributed by atoms with Crippen molar-refractivity contribution >= 4 is 45.0 Å². The lowest BCUT2D eigenvalue weighted by Gasteiger charge is -2.49. The van der Waals surface area contributed by atoms with Crippen molar-refractivity contribution in [3.8, 4) is 0 Å². The second-order valence-corrected chi connectivity index (χ2v) is 13.2. The Labute approximate surface area is 254 Å². The van der Waals surface area contributed by atoms with Gasteiger partial charge in [0, 0.05) is 39.3 Å². The molecule has 42 heavy (non-hydrogen) atoms. The molecule has 13 heteroatoms. The van der Waals surface area contributed by atoms with Crippen molar-refractivity contribution < 1.29 is 27.6 Å². The van der Waals surface area contributed by atoms with E-state index in [0.717, 1.165) is 19.1 Å². The molecule has 0 spiro atoms. The lowest BCUT2D eigenvalue weighted by Crippen LogP contribution is -2.59. The molecular weight excluding hydrogens is 603 g/mol. The van der Waals surface area contributed by atoms with Gasteiger partial charge in [0.15, 0.2) is 12.4 Å². The Kier molecular flexibility index (Phi) is 9.05. The maximum Gasteiger partial charge on any atom is 0.255 e. The number of hydrogen-bond acceptors (Lipinski definition) is 6. The molecule has 2 aliphatic rings. The quantitative estimate of drug-likeness (QED) is 0.219. The van der Waals surface area contributed by atoms with Crippen molar-refractivity contribution in [3.63, 3.8) is 0 Å². The number of nitrogens with one attached hydrogen (secondary N) is 2. The van der Waals surface area contributed by atoms with Crippen molar-refractivity contribution in [1.29, 1.82) is 0 Å². The number of nitrogens with zero attached hydrogens (tertiary/aromatic N) is 2. The van der Waals surface area contributed by atoms with Crippen LogP contribution >= 0.6 is 23.2 Å². The minimum atomic E-state index is -3.60. The van der Waals surface area contributed by atoms with Gasteiger partial charge in [0.25, 0.3) is 11.8 Å². The molecule has 3 aromatic rings. The van der Waals surface area contributed by atoms with Gasteiger partial charge in [-0.15, -0.1) is 0 Å². The number of fused-ring (bicyclic) bond motifs is 1. The first-order chi connectivity index (χ1) is 20.0. The third-order valence-electron chi connectivity index (χ3n) is 7.64. The Balaban J connectivity index is 1.59. The number of sulfonamides is 1. The summed E-state index contributed by atoms with van der Waals surface area (Å²) >= 11 is 12.9. The number of halogens is 2. The molecule has 1 aromatic heterocycles. The molecule has 1 aliphatic heterocycles. The number of rotatable bonds is 8. The normalized spacial score (nSPS) is 22.5. The third-order valence-corrected chi connectivity index (χ3v) is 8.93. The van der Waals surface area contributed by atoms with E-state index in [9.17, 15) is 23.2 Å². The van der Waals surface area contributed by atoms with Crippen LogP contribution in [-0.4, -0.2) is 43.5 Å². The highest BCUT2D eigenvalue weighted by Gasteiger charge is 2.49. The number of pyridine rings is 1. The largest absolute Gasteiger partial charge is 0.619 e. The first kappa shape index (κ1) is 30.2. The van der Waals surface area contributed by atoms with E-state index < -0.39 is 40.0 Å². The summed E-state index contributed by atoms with van der Waals surface area (Å²) in [5.41, 5.74) is 4.36. The highest BCUT2D eigenvalue weighted by molar-refractivity contribution is 7.88. The summed E-state index contributed by atoms with van der Waals surface area (Å²) in [6.45, 7) is -0.0683. The predicted molar refractivity (Wildman–Crippen MR) is 157 cm³/mol. The van der Waals surface area contributed by atoms with Crippen LogP contribution in [0, 0.1) is 5.21 Å². The number of hydroxylamine groups is 1. The number of carbonyl (C=O) groups is 2. The van der Waals surface area contributed by atoms with Gasteiger partial charge in [-0.1, -0.05) is 60.3 Å². The average Bonchev–Trinajstić information content (AvgIpc) is 2.93. The van der Waals surface area contributed by atoms with Crippen LogP contribution in [0.15, 0.2) is 67.0 Å². The second kappa shape index (κ2) is 12.6. The highest BCUT2D eigenvalue weighted by atomic mass is 35.5. The Bertz CT molecular complexity index is 1600. The minimum absolute atomic E-state index is 0.0683. The van der Waals surface area contributed by atoms with E-state index in [4.69, 9.17) is 28.0 Å². The molecule has 222 valence electrons. The molecule has 2 aromatic carbocycles. The van der Waals surface area contributed by atoms with Crippen molar-refractivity contribution in [2.45, 2.75) is 56.3 Å². The fraction of sp³-hybridized carbons (Fsp3) is 0.345. The second-order valence-electron chi connectivity index (χ2n) is 10.6. The van der Waals surface area contributed by atoms with Crippen molar-refractivity contribution in [3.05, 3.63) is 104 Å². The highest BCUT2D eigenvalue weighted by Crippen LogP contribution is 2.47. The van der Waals surface area contributed by atoms with E-state index in [2.05, 4.69) is 10.2 Å². The Morgan fingerprint density at radius 1 is 1.10 bits per heavy atom. The van der Waals surface area contributed by atoms with Gasteiger partial charge in [0.2, 0.25) is 10.0 Å². The summed E-state index contributed by atoms with van der Waals surface area (Å²) in [6, 6.07) is 12.9. The Morgan fingerprint density at radius 3 is 2.60 bits per heavy atom. The molecule has 2 heterocycles. The molecule has 1 fully saturated rings. The number of aromatic nitrogens is 1. The molecule has 2 N–H and O–H groups in total. The smallest absolute Gasteiger partial charge is 0.255 e. The SMILES string of the molecule is CS(=O)(=O)N[C@H]1CCCC[C@@H]1N1C(=O)c2ccccc2[C@@H](C(=O)NOCc2ccc[n+]([O-])c2)[C@@H]1c1ccc(Cl)cc1Cl. The van der Waals surface area contributed by atoms with Gasteiger partial charge in [-0.25, -0.2) is 18.6 Å². The molecule has 2 amide bonds. The van der Waals surface area contributed by atoms with Crippen LogP contribution in [0.5, 0.6) is 0 Å². The van der Waals surface area contributed by atoms with E-state index in [0.29, 0.717) is 44.8 Å². The molecule has 1 aliphatic carbocycles. The number of hydrogen-bond donors (Lipinski definition) is 2. The van der Waals surface area contributed by atoms with Gasteiger partial charge < -0.3 is 10.1 Å². The standard InChI is InChI=1S/C29H30Cl2N4O6S/c1-42(39,40)33-24-10-4-5-11-25(24)35-27(22-13-12-19(30)15-23(22)31)26(20-8-2-3-9-21(20)29(35)37)28(36)32-41-17-18-7-6-14-34(38)16-18/h2-3,6-9,12-16,24-27,33H,4-5,10-11,17H2,1H3,(H,32,36)/t24-,25-,26+,27-/m0/s1. The molecule has 5 rings (SSSR count). The fourth-order valence-corrected chi connectivity index (χ4v) is 7.31. The summed E-state index contributed by atoms with van der Waals surface area (Å²) in [7, 11) is -3.60. The number of benzene rings is 2. The maximum atomic E-state index is 14.3. The van der Waals surface area contributed by atoms with Crippen molar-refractivity contribution in [2.24, 2.45) is 0 Å². The van der Waals surface area contributed by atoms with Crippen LogP contribution in [-0.2, 0) is 26.3 Å². The zero-order valence-electron chi connectivity index (χ0n) is 22.7. The minimum Gasteiger partial charge on any atom is -0.619 e. The first-order valence-electron chi connectivity index (χ1n) is 13.5. The molecule has 0 unspecified atom stereocenters. The summed E-state index contributed by atoms with van der Waals surface area (Å²) < 4.78 is 28.0. The average molecular weight is 634 g/mol. The van der Waals surface area contributed by atoms with Crippen LogP contribution in [0.3, 0.4) is 0 Å². The van der Waals surface area contributed by atoms with Crippen molar-refractivity contribution in [1.82, 2.24) is 15.1 Å². The predicted octanol–water partition coefficient (Wildman–Crippen LogP) is 4.02. The third kappa shape index (κ3) is 6.55. The van der Waals surface area contributed by atoms with Crippen LogP contribution < -0.4 is 14.9 Å². The van der Waals surface area contributed by atoms with Crippen LogP contribution in [0.1, 0.15) is 64.7 Å². The first-order valence-corrected chi connectivity index (χ1v) is 16.1. The van der Waals surface area contributed by atoms with Crippen LogP contribution in [0.25, 0.3) is 0 Å². The molecule has 0 saturated heterocycles. The molecule has 4 atom stereocenters. The molecular formula is C29H30Cl2N4O6S. The maximum absolute atomic E-state index is 14.3. The number of carbonyl (C=O) groups excluding carboxylic acids is 2.